The van der Waals surface area contributed by atoms with Crippen molar-refractivity contribution in [2.24, 2.45) is 0 Å². The first-order chi connectivity index (χ1) is 12.5. The van der Waals surface area contributed by atoms with Gasteiger partial charge in [0.05, 0.1) is 36.3 Å². The highest BCUT2D eigenvalue weighted by Crippen LogP contribution is 2.36. The van der Waals surface area contributed by atoms with E-state index in [1.807, 2.05) is 38.1 Å². The largest absolute Gasteiger partial charge is 0.493 e. The van der Waals surface area contributed by atoms with E-state index in [-0.39, 0.29) is 29.5 Å². The minimum Gasteiger partial charge on any atom is -0.493 e. The summed E-state index contributed by atoms with van der Waals surface area (Å²) in [5.74, 6) is 0.622. The van der Waals surface area contributed by atoms with Crippen LogP contribution in [0.5, 0.6) is 17.2 Å². The first-order valence-corrected chi connectivity index (χ1v) is 8.60. The third-order valence-corrected chi connectivity index (χ3v) is 4.05. The lowest BCUT2D eigenvalue weighted by Crippen LogP contribution is -2.14. The normalized spacial score (nSPS) is 10.1. The highest BCUT2D eigenvalue weighted by Gasteiger charge is 2.16. The lowest BCUT2D eigenvalue weighted by molar-refractivity contribution is -0.135. The third-order valence-electron chi connectivity index (χ3n) is 3.77. The van der Waals surface area contributed by atoms with Gasteiger partial charge >= 0.3 is 5.97 Å². The maximum atomic E-state index is 12.1. The summed E-state index contributed by atoms with van der Waals surface area (Å²) in [4.78, 5) is 12.1. The smallest absolute Gasteiger partial charge is 0.314 e. The van der Waals surface area contributed by atoms with Gasteiger partial charge in [-0.3, -0.25) is 4.79 Å². The maximum Gasteiger partial charge on any atom is 0.314 e. The van der Waals surface area contributed by atoms with Gasteiger partial charge in [0.15, 0.2) is 11.5 Å². The molecule has 0 radical (unpaired) electrons. The summed E-state index contributed by atoms with van der Waals surface area (Å²) >= 11 is 6.12. The lowest BCUT2D eigenvalue weighted by atomic mass is 10.1. The van der Waals surface area contributed by atoms with Crippen LogP contribution in [-0.2, 0) is 4.79 Å². The number of rotatable bonds is 7. The highest BCUT2D eigenvalue weighted by molar-refractivity contribution is 6.32. The van der Waals surface area contributed by atoms with Crippen molar-refractivity contribution >= 4 is 17.6 Å². The number of halogens is 1. The number of esters is 1. The van der Waals surface area contributed by atoms with E-state index in [1.165, 1.54) is 12.1 Å². The van der Waals surface area contributed by atoms with Crippen LogP contribution in [0.15, 0.2) is 30.3 Å². The molecule has 0 heterocycles. The molecular formula is C20H20ClNO4. The second-order valence-electron chi connectivity index (χ2n) is 5.60. The van der Waals surface area contributed by atoms with Crippen molar-refractivity contribution in [1.82, 2.24) is 0 Å². The van der Waals surface area contributed by atoms with Gasteiger partial charge < -0.3 is 14.2 Å². The fourth-order valence-electron chi connectivity index (χ4n) is 2.28. The molecule has 0 aliphatic heterocycles. The molecule has 0 N–H and O–H groups in total. The van der Waals surface area contributed by atoms with Crippen LogP contribution in [0.2, 0.25) is 5.02 Å². The third kappa shape index (κ3) is 4.90. The van der Waals surface area contributed by atoms with E-state index in [0.29, 0.717) is 12.2 Å². The van der Waals surface area contributed by atoms with E-state index in [9.17, 15) is 4.79 Å². The molecule has 2 aromatic rings. The summed E-state index contributed by atoms with van der Waals surface area (Å²) in [5, 5.41) is 9.15. The van der Waals surface area contributed by atoms with Crippen LogP contribution in [0.4, 0.5) is 0 Å². The number of carbonyl (C=O) groups excluding carboxylic acids is 1. The molecule has 2 aromatic carbocycles. The Balaban J connectivity index is 2.01. The molecule has 2 rings (SSSR count). The van der Waals surface area contributed by atoms with E-state index in [4.69, 9.17) is 31.1 Å². The van der Waals surface area contributed by atoms with Crippen LogP contribution in [0, 0.1) is 25.2 Å². The first kappa shape index (κ1) is 19.6. The van der Waals surface area contributed by atoms with Crippen molar-refractivity contribution in [3.05, 3.63) is 52.0 Å². The molecule has 0 aliphatic rings. The Kier molecular flexibility index (Phi) is 6.88. The van der Waals surface area contributed by atoms with E-state index >= 15 is 0 Å². The second-order valence-corrected chi connectivity index (χ2v) is 6.01. The number of aryl methyl sites for hydroxylation is 1. The molecule has 0 unspecified atom stereocenters. The molecule has 5 nitrogen and oxygen atoms in total. The Bertz CT molecular complexity index is 842. The molecule has 0 fully saturated rings. The van der Waals surface area contributed by atoms with Crippen molar-refractivity contribution in [2.75, 3.05) is 13.2 Å². The Hall–Kier alpha value is -2.71. The standard InChI is InChI=1S/C20H20ClNO4/c1-4-24-18-11-15(12-22)10-16(21)20(18)26-19(23)8-9-25-17-7-5-6-13(2)14(17)3/h5-7,10-11H,4,8-9H2,1-3H3. The topological polar surface area (TPSA) is 68.5 Å². The number of benzene rings is 2. The van der Waals surface area contributed by atoms with Gasteiger partial charge in [-0.15, -0.1) is 0 Å². The fraction of sp³-hybridized carbons (Fsp3) is 0.300. The van der Waals surface area contributed by atoms with Gasteiger partial charge in [0.25, 0.3) is 0 Å². The minimum atomic E-state index is -0.497. The Morgan fingerprint density at radius 1 is 1.19 bits per heavy atom. The minimum absolute atomic E-state index is 0.0509. The van der Waals surface area contributed by atoms with Crippen LogP contribution >= 0.6 is 11.6 Å². The zero-order chi connectivity index (χ0) is 19.1. The quantitative estimate of drug-likeness (QED) is 0.524. The summed E-state index contributed by atoms with van der Waals surface area (Å²) in [6.07, 6.45) is 0.0509. The van der Waals surface area contributed by atoms with Crippen LogP contribution in [-0.4, -0.2) is 19.2 Å². The molecule has 136 valence electrons. The summed E-state index contributed by atoms with van der Waals surface area (Å²) in [6, 6.07) is 10.7. The molecule has 0 bridgehead atoms. The van der Waals surface area contributed by atoms with Crippen LogP contribution in [0.1, 0.15) is 30.0 Å². The Labute approximate surface area is 158 Å². The van der Waals surface area contributed by atoms with Crippen molar-refractivity contribution in [1.29, 1.82) is 5.26 Å². The number of nitrogens with zero attached hydrogens (tertiary/aromatic N) is 1. The SMILES string of the molecule is CCOc1cc(C#N)cc(Cl)c1OC(=O)CCOc1cccc(C)c1C. The Morgan fingerprint density at radius 2 is 1.96 bits per heavy atom. The monoisotopic (exact) mass is 373 g/mol. The fourth-order valence-corrected chi connectivity index (χ4v) is 2.53. The van der Waals surface area contributed by atoms with Crippen molar-refractivity contribution < 1.29 is 19.0 Å². The van der Waals surface area contributed by atoms with Gasteiger partial charge in [-0.1, -0.05) is 23.7 Å². The molecule has 6 heteroatoms. The van der Waals surface area contributed by atoms with Crippen molar-refractivity contribution in [3.8, 4) is 23.3 Å². The van der Waals surface area contributed by atoms with Gasteiger partial charge in [-0.25, -0.2) is 0 Å². The average Bonchev–Trinajstić information content (AvgIpc) is 2.61. The number of hydrogen-bond acceptors (Lipinski definition) is 5. The molecule has 26 heavy (non-hydrogen) atoms. The maximum absolute atomic E-state index is 12.1. The van der Waals surface area contributed by atoms with Crippen molar-refractivity contribution in [3.63, 3.8) is 0 Å². The van der Waals surface area contributed by atoms with Gasteiger partial charge in [0, 0.05) is 6.07 Å². The molecule has 0 saturated carbocycles. The summed E-state index contributed by atoms with van der Waals surface area (Å²) in [6.45, 7) is 6.29. The van der Waals surface area contributed by atoms with Crippen LogP contribution < -0.4 is 14.2 Å². The van der Waals surface area contributed by atoms with E-state index in [2.05, 4.69) is 0 Å². The van der Waals surface area contributed by atoms with E-state index < -0.39 is 5.97 Å². The molecular weight excluding hydrogens is 354 g/mol. The lowest BCUT2D eigenvalue weighted by Gasteiger charge is -2.13. The van der Waals surface area contributed by atoms with Gasteiger partial charge in [-0.05, 0) is 44.0 Å². The predicted octanol–water partition coefficient (Wildman–Crippen LogP) is 4.60. The predicted molar refractivity (Wildman–Crippen MR) is 99.0 cm³/mol. The van der Waals surface area contributed by atoms with Gasteiger partial charge in [0.2, 0.25) is 0 Å². The number of carbonyl (C=O) groups is 1. The van der Waals surface area contributed by atoms with E-state index in [1.54, 1.807) is 6.92 Å². The van der Waals surface area contributed by atoms with Gasteiger partial charge in [-0.2, -0.15) is 5.26 Å². The van der Waals surface area contributed by atoms with Crippen LogP contribution in [0.3, 0.4) is 0 Å². The summed E-state index contributed by atoms with van der Waals surface area (Å²) in [7, 11) is 0. The molecule has 0 aromatic heterocycles. The zero-order valence-electron chi connectivity index (χ0n) is 15.0. The molecule has 0 amide bonds. The highest BCUT2D eigenvalue weighted by atomic mass is 35.5. The van der Waals surface area contributed by atoms with Crippen molar-refractivity contribution in [2.45, 2.75) is 27.2 Å². The number of ether oxygens (including phenoxy) is 3. The van der Waals surface area contributed by atoms with Crippen LogP contribution in [0.25, 0.3) is 0 Å². The summed E-state index contributed by atoms with van der Waals surface area (Å²) < 4.78 is 16.4. The molecule has 0 saturated heterocycles. The average molecular weight is 374 g/mol. The molecule has 0 aliphatic carbocycles. The van der Waals surface area contributed by atoms with Gasteiger partial charge in [0.1, 0.15) is 5.75 Å². The zero-order valence-corrected chi connectivity index (χ0v) is 15.7. The number of hydrogen-bond donors (Lipinski definition) is 0. The summed E-state index contributed by atoms with van der Waals surface area (Å²) in [5.41, 5.74) is 2.49. The Morgan fingerprint density at radius 3 is 2.65 bits per heavy atom. The second kappa shape index (κ2) is 9.12. The first-order valence-electron chi connectivity index (χ1n) is 8.22. The van der Waals surface area contributed by atoms with E-state index in [0.717, 1.165) is 16.9 Å². The number of nitriles is 1. The molecule has 0 spiro atoms. The molecule has 0 atom stereocenters.